The maximum Gasteiger partial charge on any atom is 0.123 e. The van der Waals surface area contributed by atoms with Gasteiger partial charge in [-0.3, -0.25) is 0 Å². The Morgan fingerprint density at radius 3 is 2.40 bits per heavy atom. The molecule has 2 aromatic carbocycles. The van der Waals surface area contributed by atoms with E-state index in [1.807, 2.05) is 6.07 Å². The fourth-order valence-corrected chi connectivity index (χ4v) is 2.26. The van der Waals surface area contributed by atoms with Gasteiger partial charge >= 0.3 is 0 Å². The van der Waals surface area contributed by atoms with Gasteiger partial charge in [0.05, 0.1) is 7.11 Å². The van der Waals surface area contributed by atoms with Crippen molar-refractivity contribution in [2.75, 3.05) is 19.1 Å². The van der Waals surface area contributed by atoms with Crippen LogP contribution in [-0.4, -0.2) is 14.2 Å². The van der Waals surface area contributed by atoms with E-state index in [1.165, 1.54) is 16.8 Å². The molecule has 106 valence electrons. The molecule has 2 rings (SSSR count). The monoisotopic (exact) mass is 270 g/mol. The Kier molecular flexibility index (Phi) is 4.64. The summed E-state index contributed by atoms with van der Waals surface area (Å²) in [5, 5.41) is 0. The Hall–Kier alpha value is -2.00. The summed E-state index contributed by atoms with van der Waals surface area (Å²) in [5.41, 5.74) is 10.4. The lowest BCUT2D eigenvalue weighted by Crippen LogP contribution is -2.17. The molecular weight excluding hydrogens is 248 g/mol. The third kappa shape index (κ3) is 3.31. The quantitative estimate of drug-likeness (QED) is 0.907. The summed E-state index contributed by atoms with van der Waals surface area (Å²) < 4.78 is 5.43. The van der Waals surface area contributed by atoms with Crippen LogP contribution in [-0.2, 0) is 13.1 Å². The number of nitrogens with zero attached hydrogens (tertiary/aromatic N) is 1. The molecule has 0 saturated heterocycles. The van der Waals surface area contributed by atoms with Gasteiger partial charge < -0.3 is 15.4 Å². The molecule has 0 aliphatic carbocycles. The maximum absolute atomic E-state index is 5.62. The molecule has 0 unspecified atom stereocenters. The van der Waals surface area contributed by atoms with Crippen LogP contribution in [0.1, 0.15) is 16.7 Å². The minimum absolute atomic E-state index is 0.579. The lowest BCUT2D eigenvalue weighted by atomic mass is 10.1. The zero-order valence-electron chi connectivity index (χ0n) is 12.4. The van der Waals surface area contributed by atoms with E-state index in [1.54, 1.807) is 7.11 Å². The Bertz CT molecular complexity index is 564. The summed E-state index contributed by atoms with van der Waals surface area (Å²) in [6.45, 7) is 3.49. The zero-order chi connectivity index (χ0) is 14.5. The van der Waals surface area contributed by atoms with Crippen molar-refractivity contribution in [2.24, 2.45) is 5.73 Å². The Labute approximate surface area is 121 Å². The first-order valence-corrected chi connectivity index (χ1v) is 6.77. The van der Waals surface area contributed by atoms with Crippen LogP contribution >= 0.6 is 0 Å². The lowest BCUT2D eigenvalue weighted by molar-refractivity contribution is 0.409. The van der Waals surface area contributed by atoms with Gasteiger partial charge in [0.1, 0.15) is 5.75 Å². The van der Waals surface area contributed by atoms with Gasteiger partial charge in [0.2, 0.25) is 0 Å². The van der Waals surface area contributed by atoms with Crippen molar-refractivity contribution < 1.29 is 4.74 Å². The normalized spacial score (nSPS) is 10.4. The number of methoxy groups -OCH3 is 1. The minimum Gasteiger partial charge on any atom is -0.496 e. The number of aryl methyl sites for hydroxylation is 1. The van der Waals surface area contributed by atoms with E-state index in [9.17, 15) is 0 Å². The molecule has 0 saturated carbocycles. The Morgan fingerprint density at radius 1 is 1.10 bits per heavy atom. The highest BCUT2D eigenvalue weighted by molar-refractivity contribution is 5.49. The largest absolute Gasteiger partial charge is 0.496 e. The number of hydrogen-bond acceptors (Lipinski definition) is 3. The molecule has 0 atom stereocenters. The highest BCUT2D eigenvalue weighted by atomic mass is 16.5. The number of hydrogen-bond donors (Lipinski definition) is 1. The molecule has 0 aliphatic rings. The molecule has 3 nitrogen and oxygen atoms in total. The molecule has 0 aliphatic heterocycles. The van der Waals surface area contributed by atoms with E-state index in [0.29, 0.717) is 6.54 Å². The summed E-state index contributed by atoms with van der Waals surface area (Å²) in [7, 11) is 3.80. The average Bonchev–Trinajstić information content (AvgIpc) is 2.47. The number of rotatable bonds is 5. The molecule has 3 heteroatoms. The standard InChI is InChI=1S/C17H22N2O/c1-13-4-9-17(20-3)15(10-13)12-19(2)16-7-5-14(11-18)6-8-16/h4-10H,11-12,18H2,1-3H3. The topological polar surface area (TPSA) is 38.5 Å². The Morgan fingerprint density at radius 2 is 1.80 bits per heavy atom. The van der Waals surface area contributed by atoms with Crippen LogP contribution in [0.2, 0.25) is 0 Å². The van der Waals surface area contributed by atoms with Crippen molar-refractivity contribution in [3.05, 3.63) is 59.2 Å². The van der Waals surface area contributed by atoms with Gasteiger partial charge in [0, 0.05) is 31.4 Å². The van der Waals surface area contributed by atoms with E-state index < -0.39 is 0 Å². The highest BCUT2D eigenvalue weighted by Gasteiger charge is 2.07. The molecule has 0 fully saturated rings. The minimum atomic E-state index is 0.579. The second kappa shape index (κ2) is 6.44. The second-order valence-corrected chi connectivity index (χ2v) is 5.04. The van der Waals surface area contributed by atoms with Crippen LogP contribution in [0.4, 0.5) is 5.69 Å². The summed E-state index contributed by atoms with van der Waals surface area (Å²) in [5.74, 6) is 0.932. The number of nitrogens with two attached hydrogens (primary N) is 1. The predicted octanol–water partition coefficient (Wildman–Crippen LogP) is 3.10. The summed E-state index contributed by atoms with van der Waals surface area (Å²) >= 11 is 0. The van der Waals surface area contributed by atoms with Crippen LogP contribution in [0.3, 0.4) is 0 Å². The van der Waals surface area contributed by atoms with Crippen LogP contribution < -0.4 is 15.4 Å². The molecule has 0 aromatic heterocycles. The van der Waals surface area contributed by atoms with Crippen molar-refractivity contribution in [1.82, 2.24) is 0 Å². The first-order chi connectivity index (χ1) is 9.63. The van der Waals surface area contributed by atoms with E-state index in [-0.39, 0.29) is 0 Å². The van der Waals surface area contributed by atoms with Gasteiger partial charge in [0.25, 0.3) is 0 Å². The number of anilines is 1. The smallest absolute Gasteiger partial charge is 0.123 e. The van der Waals surface area contributed by atoms with Gasteiger partial charge in [-0.2, -0.15) is 0 Å². The van der Waals surface area contributed by atoms with Crippen molar-refractivity contribution in [1.29, 1.82) is 0 Å². The average molecular weight is 270 g/mol. The predicted molar refractivity (Wildman–Crippen MR) is 84.2 cm³/mol. The zero-order valence-corrected chi connectivity index (χ0v) is 12.4. The van der Waals surface area contributed by atoms with Crippen LogP contribution in [0.25, 0.3) is 0 Å². The fraction of sp³-hybridized carbons (Fsp3) is 0.294. The van der Waals surface area contributed by atoms with Crippen molar-refractivity contribution >= 4 is 5.69 Å². The molecule has 0 bridgehead atoms. The van der Waals surface area contributed by atoms with Gasteiger partial charge in [0.15, 0.2) is 0 Å². The third-order valence-electron chi connectivity index (χ3n) is 3.46. The SMILES string of the molecule is COc1ccc(C)cc1CN(C)c1ccc(CN)cc1. The first kappa shape index (κ1) is 14.4. The molecule has 0 heterocycles. The summed E-state index contributed by atoms with van der Waals surface area (Å²) in [4.78, 5) is 2.21. The second-order valence-electron chi connectivity index (χ2n) is 5.04. The first-order valence-electron chi connectivity index (χ1n) is 6.77. The van der Waals surface area contributed by atoms with E-state index in [0.717, 1.165) is 17.9 Å². The molecule has 0 spiro atoms. The third-order valence-corrected chi connectivity index (χ3v) is 3.46. The van der Waals surface area contributed by atoms with E-state index in [2.05, 4.69) is 55.3 Å². The van der Waals surface area contributed by atoms with Crippen molar-refractivity contribution in [2.45, 2.75) is 20.0 Å². The van der Waals surface area contributed by atoms with Crippen molar-refractivity contribution in [3.63, 3.8) is 0 Å². The molecular formula is C17H22N2O. The molecule has 0 amide bonds. The van der Waals surface area contributed by atoms with Gasteiger partial charge in [-0.1, -0.05) is 29.8 Å². The molecule has 2 aromatic rings. The van der Waals surface area contributed by atoms with Crippen LogP contribution in [0.15, 0.2) is 42.5 Å². The summed E-state index contributed by atoms with van der Waals surface area (Å²) in [6.07, 6.45) is 0. The molecule has 2 N–H and O–H groups in total. The summed E-state index contributed by atoms with van der Waals surface area (Å²) in [6, 6.07) is 14.6. The van der Waals surface area contributed by atoms with Crippen LogP contribution in [0.5, 0.6) is 5.75 Å². The molecule has 20 heavy (non-hydrogen) atoms. The van der Waals surface area contributed by atoms with E-state index in [4.69, 9.17) is 10.5 Å². The van der Waals surface area contributed by atoms with Gasteiger partial charge in [-0.25, -0.2) is 0 Å². The van der Waals surface area contributed by atoms with Crippen LogP contribution in [0, 0.1) is 6.92 Å². The van der Waals surface area contributed by atoms with Gasteiger partial charge in [-0.15, -0.1) is 0 Å². The fourth-order valence-electron chi connectivity index (χ4n) is 2.26. The van der Waals surface area contributed by atoms with E-state index >= 15 is 0 Å². The number of benzene rings is 2. The maximum atomic E-state index is 5.62. The number of ether oxygens (including phenoxy) is 1. The van der Waals surface area contributed by atoms with Crippen molar-refractivity contribution in [3.8, 4) is 5.75 Å². The van der Waals surface area contributed by atoms with Gasteiger partial charge in [-0.05, 0) is 30.7 Å². The highest BCUT2D eigenvalue weighted by Crippen LogP contribution is 2.23. The Balaban J connectivity index is 2.17. The molecule has 0 radical (unpaired) electrons. The lowest BCUT2D eigenvalue weighted by Gasteiger charge is -2.21.